The SMILES string of the molecule is CCNC(=NC[C@H]1CCCN1CC(C)C)NC1CCN(c2ncccc2F)C1.I. The standard InChI is InChI=1S/C21H35FN6.HI/c1-4-23-21(25-13-18-7-6-11-27(18)14-16(2)3)26-17-9-12-28(15-17)20-19(22)8-5-10-24-20;/h5,8,10,16-18H,4,6-7,9,11-15H2,1-3H3,(H2,23,25,26);1H/t17?,18-;/m1./s1. The van der Waals surface area contributed by atoms with Gasteiger partial charge in [0, 0.05) is 44.5 Å². The van der Waals surface area contributed by atoms with Crippen molar-refractivity contribution in [2.75, 3.05) is 44.2 Å². The number of aromatic nitrogens is 1. The summed E-state index contributed by atoms with van der Waals surface area (Å²) >= 11 is 0. The van der Waals surface area contributed by atoms with Crippen molar-refractivity contribution in [1.29, 1.82) is 0 Å². The fourth-order valence-electron chi connectivity index (χ4n) is 4.20. The number of halogens is 2. The second-order valence-electron chi connectivity index (χ2n) is 8.29. The molecular weight excluding hydrogens is 482 g/mol. The Hall–Kier alpha value is -1.16. The first-order valence-electron chi connectivity index (χ1n) is 10.7. The van der Waals surface area contributed by atoms with Crippen LogP contribution in [0.5, 0.6) is 0 Å². The fraction of sp³-hybridized carbons (Fsp3) is 0.714. The van der Waals surface area contributed by atoms with Crippen LogP contribution in [-0.4, -0.2) is 67.2 Å². The van der Waals surface area contributed by atoms with E-state index in [1.807, 2.05) is 4.90 Å². The van der Waals surface area contributed by atoms with Gasteiger partial charge in [-0.05, 0) is 50.8 Å². The number of pyridine rings is 1. The Morgan fingerprint density at radius 3 is 2.90 bits per heavy atom. The van der Waals surface area contributed by atoms with Gasteiger partial charge in [-0.15, -0.1) is 24.0 Å². The lowest BCUT2D eigenvalue weighted by molar-refractivity contribution is 0.231. The molecule has 6 nitrogen and oxygen atoms in total. The van der Waals surface area contributed by atoms with Gasteiger partial charge in [-0.25, -0.2) is 9.37 Å². The second-order valence-corrected chi connectivity index (χ2v) is 8.29. The maximum Gasteiger partial charge on any atom is 0.191 e. The highest BCUT2D eigenvalue weighted by Gasteiger charge is 2.27. The maximum atomic E-state index is 14.0. The Labute approximate surface area is 191 Å². The van der Waals surface area contributed by atoms with Gasteiger partial charge in [-0.1, -0.05) is 13.8 Å². The largest absolute Gasteiger partial charge is 0.357 e. The predicted molar refractivity (Wildman–Crippen MR) is 129 cm³/mol. The van der Waals surface area contributed by atoms with Crippen molar-refractivity contribution in [3.63, 3.8) is 0 Å². The zero-order valence-electron chi connectivity index (χ0n) is 17.9. The summed E-state index contributed by atoms with van der Waals surface area (Å²) in [5.74, 6) is 1.75. The van der Waals surface area contributed by atoms with Crippen LogP contribution < -0.4 is 15.5 Å². The lowest BCUT2D eigenvalue weighted by atomic mass is 10.2. The van der Waals surface area contributed by atoms with Gasteiger partial charge in [0.1, 0.15) is 0 Å². The number of aliphatic imine (C=N–C) groups is 1. The summed E-state index contributed by atoms with van der Waals surface area (Å²) in [5.41, 5.74) is 0. The van der Waals surface area contributed by atoms with Gasteiger partial charge in [-0.3, -0.25) is 9.89 Å². The number of nitrogens with one attached hydrogen (secondary N) is 2. The monoisotopic (exact) mass is 518 g/mol. The molecule has 2 N–H and O–H groups in total. The third kappa shape index (κ3) is 6.94. The number of guanidine groups is 1. The summed E-state index contributed by atoms with van der Waals surface area (Å²) in [6.07, 6.45) is 5.09. The first-order chi connectivity index (χ1) is 13.6. The number of anilines is 1. The Bertz CT molecular complexity index is 656. The molecule has 2 fully saturated rings. The second kappa shape index (κ2) is 11.9. The van der Waals surface area contributed by atoms with Crippen LogP contribution in [0.4, 0.5) is 10.2 Å². The molecule has 0 radical (unpaired) electrons. The Morgan fingerprint density at radius 1 is 1.34 bits per heavy atom. The number of rotatable bonds is 7. The maximum absolute atomic E-state index is 14.0. The molecule has 164 valence electrons. The van der Waals surface area contributed by atoms with Crippen molar-refractivity contribution in [3.8, 4) is 0 Å². The molecule has 2 atom stereocenters. The van der Waals surface area contributed by atoms with Gasteiger partial charge in [0.15, 0.2) is 17.6 Å². The van der Waals surface area contributed by atoms with Crippen LogP contribution >= 0.6 is 24.0 Å². The van der Waals surface area contributed by atoms with Gasteiger partial charge in [0.2, 0.25) is 0 Å². The van der Waals surface area contributed by atoms with Crippen LogP contribution in [0.25, 0.3) is 0 Å². The Morgan fingerprint density at radius 2 is 2.17 bits per heavy atom. The van der Waals surface area contributed by atoms with E-state index >= 15 is 0 Å². The minimum atomic E-state index is -0.254. The molecule has 0 spiro atoms. The molecule has 2 aliphatic heterocycles. The quantitative estimate of drug-likeness (QED) is 0.330. The molecule has 0 amide bonds. The Balaban J connectivity index is 0.00000300. The van der Waals surface area contributed by atoms with Crippen molar-refractivity contribution >= 4 is 35.8 Å². The van der Waals surface area contributed by atoms with Crippen molar-refractivity contribution in [2.24, 2.45) is 10.9 Å². The number of hydrogen-bond acceptors (Lipinski definition) is 4. The van der Waals surface area contributed by atoms with E-state index in [9.17, 15) is 4.39 Å². The van der Waals surface area contributed by atoms with Crippen molar-refractivity contribution in [2.45, 2.75) is 52.1 Å². The highest BCUT2D eigenvalue weighted by molar-refractivity contribution is 14.0. The summed E-state index contributed by atoms with van der Waals surface area (Å²) in [4.78, 5) is 13.7. The molecule has 1 aromatic heterocycles. The lowest BCUT2D eigenvalue weighted by Gasteiger charge is -2.25. The van der Waals surface area contributed by atoms with Gasteiger partial charge in [0.25, 0.3) is 0 Å². The summed E-state index contributed by atoms with van der Waals surface area (Å²) < 4.78 is 14.0. The first kappa shape index (κ1) is 24.1. The average Bonchev–Trinajstić information content (AvgIpc) is 3.29. The molecule has 3 rings (SSSR count). The minimum Gasteiger partial charge on any atom is -0.357 e. The van der Waals surface area contributed by atoms with Crippen LogP contribution in [0.2, 0.25) is 0 Å². The molecule has 29 heavy (non-hydrogen) atoms. The Kier molecular flexibility index (Phi) is 9.88. The molecule has 3 heterocycles. The summed E-state index contributed by atoms with van der Waals surface area (Å²) in [6.45, 7) is 12.2. The van der Waals surface area contributed by atoms with E-state index in [2.05, 4.69) is 41.3 Å². The van der Waals surface area contributed by atoms with Crippen LogP contribution in [0, 0.1) is 11.7 Å². The van der Waals surface area contributed by atoms with E-state index in [-0.39, 0.29) is 35.8 Å². The summed E-state index contributed by atoms with van der Waals surface area (Å²) in [6, 6.07) is 3.89. The highest BCUT2D eigenvalue weighted by Crippen LogP contribution is 2.21. The molecule has 1 aromatic rings. The normalized spacial score (nSPS) is 22.8. The molecule has 2 saturated heterocycles. The topological polar surface area (TPSA) is 55.8 Å². The zero-order valence-corrected chi connectivity index (χ0v) is 20.2. The smallest absolute Gasteiger partial charge is 0.191 e. The van der Waals surface area contributed by atoms with Crippen molar-refractivity contribution in [1.82, 2.24) is 20.5 Å². The molecule has 1 unspecified atom stereocenters. The fourth-order valence-corrected chi connectivity index (χ4v) is 4.20. The molecule has 8 heteroatoms. The molecular formula is C21H36FIN6. The van der Waals surface area contributed by atoms with E-state index in [0.717, 1.165) is 45.1 Å². The van der Waals surface area contributed by atoms with Crippen molar-refractivity contribution < 1.29 is 4.39 Å². The summed E-state index contributed by atoms with van der Waals surface area (Å²) in [7, 11) is 0. The third-order valence-electron chi connectivity index (χ3n) is 5.47. The number of hydrogen-bond donors (Lipinski definition) is 2. The van der Waals surface area contributed by atoms with Crippen LogP contribution in [0.3, 0.4) is 0 Å². The van der Waals surface area contributed by atoms with E-state index in [4.69, 9.17) is 4.99 Å². The number of nitrogens with zero attached hydrogens (tertiary/aromatic N) is 4. The van der Waals surface area contributed by atoms with Crippen LogP contribution in [0.15, 0.2) is 23.3 Å². The van der Waals surface area contributed by atoms with Crippen LogP contribution in [-0.2, 0) is 0 Å². The van der Waals surface area contributed by atoms with Crippen LogP contribution in [0.1, 0.15) is 40.0 Å². The molecule has 0 saturated carbocycles. The lowest BCUT2D eigenvalue weighted by Crippen LogP contribution is -2.45. The van der Waals surface area contributed by atoms with Gasteiger partial charge >= 0.3 is 0 Å². The average molecular weight is 518 g/mol. The summed E-state index contributed by atoms with van der Waals surface area (Å²) in [5, 5.41) is 6.91. The molecule has 2 aliphatic rings. The minimum absolute atomic E-state index is 0. The molecule has 0 aliphatic carbocycles. The van der Waals surface area contributed by atoms with Crippen molar-refractivity contribution in [3.05, 3.63) is 24.1 Å². The van der Waals surface area contributed by atoms with E-state index in [1.165, 1.54) is 25.5 Å². The third-order valence-corrected chi connectivity index (χ3v) is 5.47. The van der Waals surface area contributed by atoms with Gasteiger partial charge in [-0.2, -0.15) is 0 Å². The molecule has 0 bridgehead atoms. The van der Waals surface area contributed by atoms with E-state index < -0.39 is 0 Å². The van der Waals surface area contributed by atoms with E-state index in [1.54, 1.807) is 12.3 Å². The predicted octanol–water partition coefficient (Wildman–Crippen LogP) is 3.09. The van der Waals surface area contributed by atoms with Gasteiger partial charge < -0.3 is 15.5 Å². The zero-order chi connectivity index (χ0) is 19.9. The number of likely N-dealkylation sites (tertiary alicyclic amines) is 1. The highest BCUT2D eigenvalue weighted by atomic mass is 127. The molecule has 0 aromatic carbocycles. The van der Waals surface area contributed by atoms with E-state index in [0.29, 0.717) is 17.8 Å². The first-order valence-corrected chi connectivity index (χ1v) is 10.7. The van der Waals surface area contributed by atoms with Gasteiger partial charge in [0.05, 0.1) is 6.54 Å².